The number of pyridine rings is 1. The van der Waals surface area contributed by atoms with E-state index in [1.165, 1.54) is 0 Å². The van der Waals surface area contributed by atoms with Gasteiger partial charge in [0.25, 0.3) is 0 Å². The molecule has 0 saturated heterocycles. The smallest absolute Gasteiger partial charge is 0.0961 e. The van der Waals surface area contributed by atoms with Gasteiger partial charge in [-0.3, -0.25) is 0 Å². The first-order valence-corrected chi connectivity index (χ1v) is 7.50. The molecule has 0 aliphatic rings. The zero-order chi connectivity index (χ0) is 12.0. The summed E-state index contributed by atoms with van der Waals surface area (Å²) in [7, 11) is 0. The third-order valence-electron chi connectivity index (χ3n) is 3.06. The number of thioether (sulfide) groups is 1. The summed E-state index contributed by atoms with van der Waals surface area (Å²) in [6, 6.07) is 3.86. The van der Waals surface area contributed by atoms with Crippen molar-refractivity contribution in [3.05, 3.63) is 23.4 Å². The highest BCUT2D eigenvalue weighted by Crippen LogP contribution is 2.34. The molecule has 90 valence electrons. The average Bonchev–Trinajstić information content (AvgIpc) is 2.34. The normalized spacial score (nSPS) is 11.8. The van der Waals surface area contributed by atoms with Crippen LogP contribution < -0.4 is 0 Å². The van der Waals surface area contributed by atoms with E-state index in [1.807, 2.05) is 12.1 Å². The van der Waals surface area contributed by atoms with Crippen molar-refractivity contribution in [2.75, 3.05) is 11.5 Å². The lowest BCUT2D eigenvalue weighted by molar-refractivity contribution is 0.357. The Bertz CT molecular complexity index is 301. The molecule has 0 fully saturated rings. The fraction of sp³-hybridized carbons (Fsp3) is 0.583. The molecule has 0 amide bonds. The van der Waals surface area contributed by atoms with Crippen LogP contribution >= 0.6 is 36.0 Å². The first-order valence-electron chi connectivity index (χ1n) is 5.51. The molecule has 0 aliphatic heterocycles. The predicted octanol–water partition coefficient (Wildman–Crippen LogP) is 4.56. The maximum atomic E-state index is 5.80. The van der Waals surface area contributed by atoms with Crippen molar-refractivity contribution in [2.24, 2.45) is 5.41 Å². The van der Waals surface area contributed by atoms with Crippen LogP contribution in [0.5, 0.6) is 0 Å². The lowest BCUT2D eigenvalue weighted by atomic mass is 9.87. The standard InChI is InChI=1S/C12H18ClNS2/c1-3-12(4-2,8-15)9-16-11-6-5-10(13)7-14-11/h5-7,15H,3-4,8-9H2,1-2H3. The SMILES string of the molecule is CCC(CC)(CS)CSc1ccc(Cl)cn1. The summed E-state index contributed by atoms with van der Waals surface area (Å²) in [4.78, 5) is 4.29. The maximum Gasteiger partial charge on any atom is 0.0961 e. The molecule has 16 heavy (non-hydrogen) atoms. The van der Waals surface area contributed by atoms with Crippen molar-refractivity contribution in [1.82, 2.24) is 4.98 Å². The van der Waals surface area contributed by atoms with Crippen molar-refractivity contribution < 1.29 is 0 Å². The minimum atomic E-state index is 0.328. The van der Waals surface area contributed by atoms with E-state index in [2.05, 4.69) is 31.5 Å². The minimum absolute atomic E-state index is 0.328. The Balaban J connectivity index is 2.58. The van der Waals surface area contributed by atoms with E-state index in [-0.39, 0.29) is 0 Å². The van der Waals surface area contributed by atoms with Crippen molar-refractivity contribution >= 4 is 36.0 Å². The Kier molecular flexibility index (Phi) is 6.01. The molecule has 0 N–H and O–H groups in total. The molecular weight excluding hydrogens is 258 g/mol. The van der Waals surface area contributed by atoms with E-state index in [0.29, 0.717) is 10.4 Å². The van der Waals surface area contributed by atoms with Gasteiger partial charge in [-0.2, -0.15) is 12.6 Å². The number of halogens is 1. The lowest BCUT2D eigenvalue weighted by Gasteiger charge is -2.29. The molecule has 0 aromatic carbocycles. The molecule has 0 spiro atoms. The first kappa shape index (κ1) is 14.2. The summed E-state index contributed by atoms with van der Waals surface area (Å²) in [5.41, 5.74) is 0.328. The van der Waals surface area contributed by atoms with Crippen LogP contribution in [-0.4, -0.2) is 16.5 Å². The monoisotopic (exact) mass is 275 g/mol. The molecule has 1 nitrogen and oxygen atoms in total. The molecule has 1 aromatic heterocycles. The summed E-state index contributed by atoms with van der Waals surface area (Å²) in [5, 5.41) is 1.73. The zero-order valence-corrected chi connectivity index (χ0v) is 12.2. The first-order chi connectivity index (χ1) is 7.65. The Hall–Kier alpha value is 0.140. The molecule has 1 heterocycles. The van der Waals surface area contributed by atoms with E-state index in [9.17, 15) is 0 Å². The highest BCUT2D eigenvalue weighted by atomic mass is 35.5. The third-order valence-corrected chi connectivity index (χ3v) is 5.25. The van der Waals surface area contributed by atoms with Gasteiger partial charge in [-0.05, 0) is 36.1 Å². The summed E-state index contributed by atoms with van der Waals surface area (Å²) in [5.74, 6) is 2.00. The van der Waals surface area contributed by atoms with Gasteiger partial charge in [0.2, 0.25) is 0 Å². The number of nitrogens with zero attached hydrogens (tertiary/aromatic N) is 1. The summed E-state index contributed by atoms with van der Waals surface area (Å²) >= 11 is 12.1. The van der Waals surface area contributed by atoms with Gasteiger partial charge in [0.15, 0.2) is 0 Å². The predicted molar refractivity (Wildman–Crippen MR) is 76.8 cm³/mol. The van der Waals surface area contributed by atoms with Crippen LogP contribution in [0.1, 0.15) is 26.7 Å². The Morgan fingerprint density at radius 1 is 1.38 bits per heavy atom. The number of rotatable bonds is 6. The number of hydrogen-bond donors (Lipinski definition) is 1. The number of thiol groups is 1. The molecule has 0 saturated carbocycles. The fourth-order valence-corrected chi connectivity index (χ4v) is 3.48. The van der Waals surface area contributed by atoms with Gasteiger partial charge in [0.05, 0.1) is 10.0 Å². The van der Waals surface area contributed by atoms with E-state index < -0.39 is 0 Å². The second kappa shape index (κ2) is 6.77. The fourth-order valence-electron chi connectivity index (χ4n) is 1.40. The minimum Gasteiger partial charge on any atom is -0.248 e. The van der Waals surface area contributed by atoms with E-state index in [0.717, 1.165) is 29.4 Å². The quantitative estimate of drug-likeness (QED) is 0.604. The topological polar surface area (TPSA) is 12.9 Å². The Morgan fingerprint density at radius 2 is 2.06 bits per heavy atom. The Labute approximate surface area is 113 Å². The molecule has 0 radical (unpaired) electrons. The van der Waals surface area contributed by atoms with Crippen LogP contribution in [0, 0.1) is 5.41 Å². The van der Waals surface area contributed by atoms with Crippen molar-refractivity contribution in [2.45, 2.75) is 31.7 Å². The van der Waals surface area contributed by atoms with E-state index in [4.69, 9.17) is 11.6 Å². The highest BCUT2D eigenvalue weighted by molar-refractivity contribution is 7.99. The lowest BCUT2D eigenvalue weighted by Crippen LogP contribution is -2.24. The molecule has 1 aromatic rings. The van der Waals surface area contributed by atoms with Crippen LogP contribution in [0.25, 0.3) is 0 Å². The molecule has 0 aliphatic carbocycles. The van der Waals surface area contributed by atoms with Crippen LogP contribution in [0.15, 0.2) is 23.4 Å². The van der Waals surface area contributed by atoms with Crippen molar-refractivity contribution in [3.63, 3.8) is 0 Å². The van der Waals surface area contributed by atoms with Gasteiger partial charge in [-0.1, -0.05) is 25.4 Å². The van der Waals surface area contributed by atoms with Crippen molar-refractivity contribution in [1.29, 1.82) is 0 Å². The average molecular weight is 276 g/mol. The maximum absolute atomic E-state index is 5.80. The molecule has 0 unspecified atom stereocenters. The largest absolute Gasteiger partial charge is 0.248 e. The zero-order valence-electron chi connectivity index (χ0n) is 9.74. The van der Waals surface area contributed by atoms with E-state index >= 15 is 0 Å². The molecular formula is C12H18ClNS2. The van der Waals surface area contributed by atoms with Gasteiger partial charge < -0.3 is 0 Å². The Morgan fingerprint density at radius 3 is 2.50 bits per heavy atom. The van der Waals surface area contributed by atoms with Gasteiger partial charge in [-0.15, -0.1) is 11.8 Å². The van der Waals surface area contributed by atoms with Crippen LogP contribution in [0.3, 0.4) is 0 Å². The van der Waals surface area contributed by atoms with E-state index in [1.54, 1.807) is 18.0 Å². The van der Waals surface area contributed by atoms with Gasteiger partial charge >= 0.3 is 0 Å². The van der Waals surface area contributed by atoms with Crippen LogP contribution in [0.4, 0.5) is 0 Å². The number of aromatic nitrogens is 1. The van der Waals surface area contributed by atoms with Crippen LogP contribution in [-0.2, 0) is 0 Å². The second-order valence-corrected chi connectivity index (χ2v) is 5.72. The van der Waals surface area contributed by atoms with Gasteiger partial charge in [0.1, 0.15) is 0 Å². The third kappa shape index (κ3) is 3.86. The van der Waals surface area contributed by atoms with Gasteiger partial charge in [-0.25, -0.2) is 4.98 Å². The van der Waals surface area contributed by atoms with Crippen molar-refractivity contribution in [3.8, 4) is 0 Å². The highest BCUT2D eigenvalue weighted by Gasteiger charge is 2.24. The summed E-state index contributed by atoms with van der Waals surface area (Å²) < 4.78 is 0. The number of hydrogen-bond acceptors (Lipinski definition) is 3. The van der Waals surface area contributed by atoms with Crippen LogP contribution in [0.2, 0.25) is 5.02 Å². The molecule has 0 bridgehead atoms. The molecule has 4 heteroatoms. The molecule has 0 atom stereocenters. The van der Waals surface area contributed by atoms with Gasteiger partial charge in [0, 0.05) is 11.9 Å². The summed E-state index contributed by atoms with van der Waals surface area (Å²) in [6.45, 7) is 4.46. The molecule has 1 rings (SSSR count). The summed E-state index contributed by atoms with van der Waals surface area (Å²) in [6.07, 6.45) is 4.02. The second-order valence-electron chi connectivity index (χ2n) is 3.97.